The number of amides is 1. The number of rotatable bonds is 8. The Hall–Kier alpha value is -4.54. The van der Waals surface area contributed by atoms with Crippen molar-refractivity contribution in [3.05, 3.63) is 106 Å². The fourth-order valence-corrected chi connectivity index (χ4v) is 5.99. The molecule has 0 spiro atoms. The molecule has 42 heavy (non-hydrogen) atoms. The number of aromatic carboxylic acids is 1. The highest BCUT2D eigenvalue weighted by Crippen LogP contribution is 2.44. The molecule has 0 aliphatic carbocycles. The Bertz CT molecular complexity index is 1680. The molecule has 2 aromatic carbocycles. The molecular weight excluding hydrogens is 550 g/mol. The Kier molecular flexibility index (Phi) is 8.11. The quantitative estimate of drug-likeness (QED) is 0.231. The minimum atomic E-state index is -0.970. The van der Waals surface area contributed by atoms with Gasteiger partial charge in [0.2, 0.25) is 5.91 Å². The number of hydrogen-bond acceptors (Lipinski definition) is 5. The van der Waals surface area contributed by atoms with Gasteiger partial charge in [0.25, 0.3) is 0 Å². The molecule has 5 rings (SSSR count). The van der Waals surface area contributed by atoms with Crippen LogP contribution in [0.15, 0.2) is 66.9 Å². The van der Waals surface area contributed by atoms with Crippen molar-refractivity contribution in [3.8, 4) is 5.69 Å². The third-order valence-corrected chi connectivity index (χ3v) is 7.94. The lowest BCUT2D eigenvalue weighted by Gasteiger charge is -2.29. The van der Waals surface area contributed by atoms with Gasteiger partial charge in [-0.25, -0.2) is 4.79 Å². The molecule has 0 saturated carbocycles. The van der Waals surface area contributed by atoms with E-state index in [2.05, 4.69) is 31.2 Å². The van der Waals surface area contributed by atoms with Crippen LogP contribution in [0.3, 0.4) is 0 Å². The smallest absolute Gasteiger partial charge is 0.335 e. The van der Waals surface area contributed by atoms with E-state index < -0.39 is 5.97 Å². The first-order chi connectivity index (χ1) is 20.1. The Morgan fingerprint density at radius 3 is 2.50 bits per heavy atom. The molecule has 0 radical (unpaired) electrons. The molecule has 216 valence electrons. The molecule has 1 aliphatic rings. The third-order valence-electron chi connectivity index (χ3n) is 7.62. The summed E-state index contributed by atoms with van der Waals surface area (Å²) in [4.78, 5) is 30.7. The summed E-state index contributed by atoms with van der Waals surface area (Å²) >= 11 is 5.93. The van der Waals surface area contributed by atoms with Gasteiger partial charge in [-0.2, -0.15) is 0 Å². The predicted molar refractivity (Wildman–Crippen MR) is 167 cm³/mol. The molecule has 1 fully saturated rings. The maximum atomic E-state index is 12.1. The van der Waals surface area contributed by atoms with E-state index in [0.29, 0.717) is 10.8 Å². The van der Waals surface area contributed by atoms with Crippen molar-refractivity contribution >= 4 is 40.6 Å². The highest BCUT2D eigenvalue weighted by atomic mass is 32.1. The molecule has 9 nitrogen and oxygen atoms in total. The van der Waals surface area contributed by atoms with Crippen molar-refractivity contribution in [3.63, 3.8) is 0 Å². The lowest BCUT2D eigenvalue weighted by molar-refractivity contribution is -0.119. The molecule has 2 atom stereocenters. The lowest BCUT2D eigenvalue weighted by Crippen LogP contribution is -2.29. The van der Waals surface area contributed by atoms with E-state index in [1.165, 1.54) is 7.11 Å². The average molecular weight is 584 g/mol. The second kappa shape index (κ2) is 11.8. The van der Waals surface area contributed by atoms with Gasteiger partial charge >= 0.3 is 5.97 Å². The van der Waals surface area contributed by atoms with Gasteiger partial charge in [0, 0.05) is 41.8 Å². The van der Waals surface area contributed by atoms with Crippen LogP contribution in [0.25, 0.3) is 5.69 Å². The number of nitrogens with one attached hydrogen (secondary N) is 2. The van der Waals surface area contributed by atoms with E-state index in [1.807, 2.05) is 70.2 Å². The summed E-state index contributed by atoms with van der Waals surface area (Å²) in [6.45, 7) is 7.95. The minimum Gasteiger partial charge on any atom is -0.478 e. The zero-order valence-corrected chi connectivity index (χ0v) is 25.0. The number of hydrogen-bond donors (Lipinski definition) is 3. The minimum absolute atomic E-state index is 0.0282. The monoisotopic (exact) mass is 583 g/mol. The van der Waals surface area contributed by atoms with Gasteiger partial charge in [-0.15, -0.1) is 0 Å². The Morgan fingerprint density at radius 2 is 1.83 bits per heavy atom. The van der Waals surface area contributed by atoms with Crippen molar-refractivity contribution < 1.29 is 19.4 Å². The van der Waals surface area contributed by atoms with E-state index in [1.54, 1.807) is 18.3 Å². The second-order valence-electron chi connectivity index (χ2n) is 10.4. The summed E-state index contributed by atoms with van der Waals surface area (Å²) in [6, 6.07) is 18.4. The average Bonchev–Trinajstić information content (AvgIpc) is 3.45. The van der Waals surface area contributed by atoms with E-state index in [4.69, 9.17) is 17.0 Å². The number of pyridine rings is 1. The number of benzene rings is 2. The summed E-state index contributed by atoms with van der Waals surface area (Å²) in [5, 5.41) is 16.6. The van der Waals surface area contributed by atoms with Crippen molar-refractivity contribution in [2.24, 2.45) is 0 Å². The van der Waals surface area contributed by atoms with Crippen LogP contribution in [0.1, 0.15) is 56.2 Å². The maximum Gasteiger partial charge on any atom is 0.335 e. The summed E-state index contributed by atoms with van der Waals surface area (Å²) in [7, 11) is 1.48. The van der Waals surface area contributed by atoms with Crippen molar-refractivity contribution in [1.82, 2.24) is 14.9 Å². The van der Waals surface area contributed by atoms with Crippen LogP contribution < -0.4 is 15.5 Å². The number of thiocarbonyl (C=S) groups is 1. The van der Waals surface area contributed by atoms with Gasteiger partial charge in [-0.3, -0.25) is 9.78 Å². The first-order valence-electron chi connectivity index (χ1n) is 13.5. The van der Waals surface area contributed by atoms with Crippen molar-refractivity contribution in [2.45, 2.75) is 39.8 Å². The number of ether oxygens (including phenoxy) is 1. The molecule has 0 bridgehead atoms. The second-order valence-corrected chi connectivity index (χ2v) is 10.8. The molecular formula is C32H33N5O4S. The van der Waals surface area contributed by atoms with Crippen LogP contribution >= 0.6 is 12.2 Å². The topological polar surface area (TPSA) is 109 Å². The zero-order valence-electron chi connectivity index (χ0n) is 24.1. The van der Waals surface area contributed by atoms with E-state index >= 15 is 0 Å². The van der Waals surface area contributed by atoms with Gasteiger partial charge < -0.3 is 29.9 Å². The van der Waals surface area contributed by atoms with Crippen LogP contribution in [0.4, 0.5) is 11.4 Å². The molecule has 4 aromatic rings. The van der Waals surface area contributed by atoms with E-state index in [0.717, 1.165) is 45.1 Å². The third kappa shape index (κ3) is 5.38. The SMILES string of the molecule is COCC(=O)Nc1ccc(N2C(=S)N[C@@H](c3ccccn3)[C@H]2c2cc(C)n(-c3cc(C(=O)O)ccc3C)c2C)cc1C. The lowest BCUT2D eigenvalue weighted by atomic mass is 9.96. The van der Waals surface area contributed by atoms with Crippen molar-refractivity contribution in [2.75, 3.05) is 23.9 Å². The maximum absolute atomic E-state index is 12.1. The van der Waals surface area contributed by atoms with Gasteiger partial charge in [0.1, 0.15) is 6.61 Å². The summed E-state index contributed by atoms with van der Waals surface area (Å²) < 4.78 is 7.05. The van der Waals surface area contributed by atoms with Crippen LogP contribution in [0.2, 0.25) is 0 Å². The Labute approximate surface area is 250 Å². The number of methoxy groups -OCH3 is 1. The largest absolute Gasteiger partial charge is 0.478 e. The highest BCUT2D eigenvalue weighted by Gasteiger charge is 2.42. The molecule has 1 aliphatic heterocycles. The van der Waals surface area contributed by atoms with E-state index in [9.17, 15) is 14.7 Å². The number of aryl methyl sites for hydroxylation is 3. The number of aromatic nitrogens is 2. The summed E-state index contributed by atoms with van der Waals surface area (Å²) in [6.07, 6.45) is 1.77. The standard InChI is InChI=1S/C32H33N5O4S/c1-18-9-10-22(31(39)40)16-27(18)36-20(3)15-24(21(36)4)30-29(26-8-6-7-13-33-26)35-32(42)37(30)23-11-12-25(19(2)14-23)34-28(38)17-41-5/h6-16,29-30H,17H2,1-5H3,(H,34,38)(H,35,42)(H,39,40)/t29-,30+/m0/s1. The van der Waals surface area contributed by atoms with Crippen LogP contribution in [-0.4, -0.2) is 45.4 Å². The first kappa shape index (κ1) is 29.0. The van der Waals surface area contributed by atoms with Gasteiger partial charge in [-0.1, -0.05) is 12.1 Å². The predicted octanol–water partition coefficient (Wildman–Crippen LogP) is 5.57. The van der Waals surface area contributed by atoms with Gasteiger partial charge in [0.05, 0.1) is 23.3 Å². The normalized spacial score (nSPS) is 16.4. The zero-order chi connectivity index (χ0) is 30.1. The number of carbonyl (C=O) groups excluding carboxylic acids is 1. The summed E-state index contributed by atoms with van der Waals surface area (Å²) in [5.41, 5.74) is 8.29. The number of carbonyl (C=O) groups is 2. The fourth-order valence-electron chi connectivity index (χ4n) is 5.65. The first-order valence-corrected chi connectivity index (χ1v) is 13.9. The van der Waals surface area contributed by atoms with Crippen molar-refractivity contribution in [1.29, 1.82) is 0 Å². The number of anilines is 2. The molecule has 1 amide bonds. The van der Waals surface area contributed by atoms with Crippen LogP contribution in [0, 0.1) is 27.7 Å². The molecule has 2 aromatic heterocycles. The highest BCUT2D eigenvalue weighted by molar-refractivity contribution is 7.80. The van der Waals surface area contributed by atoms with Crippen LogP contribution in [-0.2, 0) is 9.53 Å². The number of carboxylic acid groups (broad SMARTS) is 1. The van der Waals surface area contributed by atoms with Gasteiger partial charge in [-0.05, 0) is 105 Å². The molecule has 10 heteroatoms. The Balaban J connectivity index is 1.63. The number of nitrogens with zero attached hydrogens (tertiary/aromatic N) is 3. The summed E-state index contributed by atoms with van der Waals surface area (Å²) in [5.74, 6) is -1.20. The fraction of sp³-hybridized carbons (Fsp3) is 0.250. The Morgan fingerprint density at radius 1 is 1.05 bits per heavy atom. The molecule has 3 heterocycles. The molecule has 3 N–H and O–H groups in total. The molecule has 0 unspecified atom stereocenters. The van der Waals surface area contributed by atoms with Crippen LogP contribution in [0.5, 0.6) is 0 Å². The van der Waals surface area contributed by atoms with E-state index in [-0.39, 0.29) is 30.2 Å². The number of carboxylic acids is 1. The molecule has 1 saturated heterocycles. The van der Waals surface area contributed by atoms with Gasteiger partial charge in [0.15, 0.2) is 5.11 Å².